The first kappa shape index (κ1) is 14.8. The predicted octanol–water partition coefficient (Wildman–Crippen LogP) is 2.82. The molecule has 2 rings (SSSR count). The van der Waals surface area contributed by atoms with Crippen molar-refractivity contribution in [2.24, 2.45) is 0 Å². The monoisotopic (exact) mass is 289 g/mol. The van der Waals surface area contributed by atoms with Crippen molar-refractivity contribution in [3.63, 3.8) is 0 Å². The van der Waals surface area contributed by atoms with Crippen molar-refractivity contribution in [2.75, 3.05) is 6.54 Å². The second-order valence-electron chi connectivity index (χ2n) is 4.95. The second kappa shape index (κ2) is 6.20. The van der Waals surface area contributed by atoms with Crippen LogP contribution >= 0.6 is 0 Å². The van der Waals surface area contributed by atoms with Crippen molar-refractivity contribution in [2.45, 2.75) is 25.2 Å². The van der Waals surface area contributed by atoms with E-state index in [1.165, 1.54) is 5.56 Å². The van der Waals surface area contributed by atoms with Crippen molar-refractivity contribution in [3.8, 4) is 0 Å². The maximum absolute atomic E-state index is 12.1. The summed E-state index contributed by atoms with van der Waals surface area (Å²) in [4.78, 5) is 0.312. The Hall–Kier alpha value is -1.65. The Kier molecular flexibility index (Phi) is 4.57. The largest absolute Gasteiger partial charge is 0.240 e. The zero-order valence-corrected chi connectivity index (χ0v) is 12.6. The molecule has 106 valence electrons. The van der Waals surface area contributed by atoms with Crippen LogP contribution < -0.4 is 4.72 Å². The maximum atomic E-state index is 12.1. The molecule has 1 N–H and O–H groups in total. The molecule has 0 amide bonds. The molecule has 2 aromatic rings. The van der Waals surface area contributed by atoms with Gasteiger partial charge in [-0.05, 0) is 38.0 Å². The van der Waals surface area contributed by atoms with Crippen LogP contribution in [0.25, 0.3) is 0 Å². The van der Waals surface area contributed by atoms with Crippen molar-refractivity contribution in [3.05, 3.63) is 65.2 Å². The lowest BCUT2D eigenvalue weighted by Gasteiger charge is -2.07. The molecule has 0 saturated heterocycles. The lowest BCUT2D eigenvalue weighted by Crippen LogP contribution is -2.26. The first-order valence-corrected chi connectivity index (χ1v) is 8.07. The topological polar surface area (TPSA) is 46.2 Å². The van der Waals surface area contributed by atoms with Gasteiger partial charge in [0.15, 0.2) is 0 Å². The fraction of sp³-hybridized carbons (Fsp3) is 0.250. The summed E-state index contributed by atoms with van der Waals surface area (Å²) in [5.41, 5.74) is 3.37. The van der Waals surface area contributed by atoms with Crippen molar-refractivity contribution in [1.29, 1.82) is 0 Å². The summed E-state index contributed by atoms with van der Waals surface area (Å²) in [6.45, 7) is 4.36. The van der Waals surface area contributed by atoms with Gasteiger partial charge in [0.25, 0.3) is 0 Å². The number of hydrogen-bond donors (Lipinski definition) is 1. The Labute approximate surface area is 120 Å². The fourth-order valence-corrected chi connectivity index (χ4v) is 3.03. The van der Waals surface area contributed by atoms with E-state index in [-0.39, 0.29) is 0 Å². The molecule has 0 spiro atoms. The van der Waals surface area contributed by atoms with Crippen LogP contribution in [0.2, 0.25) is 0 Å². The molecule has 0 aromatic heterocycles. The van der Waals surface area contributed by atoms with Gasteiger partial charge in [-0.2, -0.15) is 0 Å². The first-order valence-electron chi connectivity index (χ1n) is 6.59. The number of rotatable bonds is 5. The van der Waals surface area contributed by atoms with Crippen LogP contribution in [0.3, 0.4) is 0 Å². The van der Waals surface area contributed by atoms with Gasteiger partial charge in [-0.15, -0.1) is 0 Å². The van der Waals surface area contributed by atoms with Crippen LogP contribution in [0.1, 0.15) is 16.7 Å². The predicted molar refractivity (Wildman–Crippen MR) is 81.3 cm³/mol. The smallest absolute Gasteiger partial charge is 0.211 e. The Morgan fingerprint density at radius 3 is 2.30 bits per heavy atom. The third-order valence-electron chi connectivity index (χ3n) is 3.12. The number of benzene rings is 2. The third-order valence-corrected chi connectivity index (χ3v) is 4.60. The summed E-state index contributed by atoms with van der Waals surface area (Å²) >= 11 is 0. The Bertz CT molecular complexity index is 676. The lowest BCUT2D eigenvalue weighted by atomic mass is 10.1. The highest BCUT2D eigenvalue weighted by Crippen LogP contribution is 2.10. The van der Waals surface area contributed by atoms with Crippen LogP contribution in [-0.4, -0.2) is 15.0 Å². The van der Waals surface area contributed by atoms with E-state index in [0.717, 1.165) is 11.1 Å². The molecular weight excluding hydrogens is 270 g/mol. The van der Waals surface area contributed by atoms with Crippen LogP contribution in [0, 0.1) is 13.8 Å². The lowest BCUT2D eigenvalue weighted by molar-refractivity contribution is 0.581. The molecule has 0 bridgehead atoms. The molecule has 0 fully saturated rings. The molecule has 4 heteroatoms. The van der Waals surface area contributed by atoms with Gasteiger partial charge in [-0.3, -0.25) is 0 Å². The molecule has 0 radical (unpaired) electrons. The molecular formula is C16H19NO2S. The minimum atomic E-state index is -3.41. The molecule has 20 heavy (non-hydrogen) atoms. The fourth-order valence-electron chi connectivity index (χ4n) is 2.00. The van der Waals surface area contributed by atoms with Crippen LogP contribution in [0.5, 0.6) is 0 Å². The van der Waals surface area contributed by atoms with E-state index in [1.54, 1.807) is 24.3 Å². The van der Waals surface area contributed by atoms with Crippen LogP contribution in [-0.2, 0) is 16.4 Å². The molecule has 0 atom stereocenters. The van der Waals surface area contributed by atoms with Crippen LogP contribution in [0.4, 0.5) is 0 Å². The quantitative estimate of drug-likeness (QED) is 0.920. The van der Waals surface area contributed by atoms with Crippen molar-refractivity contribution in [1.82, 2.24) is 4.72 Å². The first-order chi connectivity index (χ1) is 9.47. The van der Waals surface area contributed by atoms with Gasteiger partial charge < -0.3 is 0 Å². The summed E-state index contributed by atoms with van der Waals surface area (Å²) in [6, 6.07) is 14.9. The summed E-state index contributed by atoms with van der Waals surface area (Å²) in [6.07, 6.45) is 0.687. The zero-order valence-electron chi connectivity index (χ0n) is 11.8. The number of hydrogen-bond acceptors (Lipinski definition) is 2. The molecule has 0 unspecified atom stereocenters. The van der Waals surface area contributed by atoms with E-state index < -0.39 is 10.0 Å². The molecule has 3 nitrogen and oxygen atoms in total. The van der Waals surface area contributed by atoms with Gasteiger partial charge in [0.2, 0.25) is 10.0 Å². The second-order valence-corrected chi connectivity index (χ2v) is 6.72. The van der Waals surface area contributed by atoms with Gasteiger partial charge in [-0.1, -0.05) is 47.5 Å². The minimum absolute atomic E-state index is 0.312. The van der Waals surface area contributed by atoms with E-state index in [1.807, 2.05) is 32.0 Å². The highest BCUT2D eigenvalue weighted by atomic mass is 32.2. The maximum Gasteiger partial charge on any atom is 0.240 e. The summed E-state index contributed by atoms with van der Waals surface area (Å²) in [5.74, 6) is 0. The van der Waals surface area contributed by atoms with Gasteiger partial charge >= 0.3 is 0 Å². The molecule has 2 aromatic carbocycles. The van der Waals surface area contributed by atoms with E-state index in [9.17, 15) is 8.42 Å². The molecule has 0 aliphatic heterocycles. The van der Waals surface area contributed by atoms with Gasteiger partial charge in [-0.25, -0.2) is 13.1 Å². The Morgan fingerprint density at radius 2 is 1.65 bits per heavy atom. The normalized spacial score (nSPS) is 11.5. The van der Waals surface area contributed by atoms with E-state index >= 15 is 0 Å². The van der Waals surface area contributed by atoms with Gasteiger partial charge in [0, 0.05) is 6.54 Å². The third kappa shape index (κ3) is 3.92. The average Bonchev–Trinajstić information content (AvgIpc) is 2.39. The van der Waals surface area contributed by atoms with E-state index in [2.05, 4.69) is 10.8 Å². The van der Waals surface area contributed by atoms with Crippen LogP contribution in [0.15, 0.2) is 53.4 Å². The molecule has 0 aliphatic rings. The molecule has 0 aliphatic carbocycles. The van der Waals surface area contributed by atoms with Crippen molar-refractivity contribution >= 4 is 10.0 Å². The van der Waals surface area contributed by atoms with E-state index in [0.29, 0.717) is 17.9 Å². The Morgan fingerprint density at radius 1 is 0.950 bits per heavy atom. The molecule has 0 heterocycles. The van der Waals surface area contributed by atoms with E-state index in [4.69, 9.17) is 0 Å². The SMILES string of the molecule is Cc1ccc(S(=O)(=O)NCCc2cccc(C)c2)cc1. The number of aryl methyl sites for hydroxylation is 2. The van der Waals surface area contributed by atoms with Gasteiger partial charge in [0.05, 0.1) is 4.90 Å². The van der Waals surface area contributed by atoms with Gasteiger partial charge in [0.1, 0.15) is 0 Å². The number of nitrogens with one attached hydrogen (secondary N) is 1. The summed E-state index contributed by atoms with van der Waals surface area (Å²) in [7, 11) is -3.41. The summed E-state index contributed by atoms with van der Waals surface area (Å²) in [5, 5.41) is 0. The Balaban J connectivity index is 1.98. The standard InChI is InChI=1S/C16H19NO2S/c1-13-6-8-16(9-7-13)20(18,19)17-11-10-15-5-3-4-14(2)12-15/h3-9,12,17H,10-11H2,1-2H3. The number of sulfonamides is 1. The zero-order chi connectivity index (χ0) is 14.6. The highest BCUT2D eigenvalue weighted by Gasteiger charge is 2.12. The van der Waals surface area contributed by atoms with Crippen molar-refractivity contribution < 1.29 is 8.42 Å². The average molecular weight is 289 g/mol. The highest BCUT2D eigenvalue weighted by molar-refractivity contribution is 7.89. The minimum Gasteiger partial charge on any atom is -0.211 e. The summed E-state index contributed by atoms with van der Waals surface area (Å²) < 4.78 is 26.8. The molecule has 0 saturated carbocycles.